The third-order valence-electron chi connectivity index (χ3n) is 1.77. The Morgan fingerprint density at radius 2 is 1.87 bits per heavy atom. The summed E-state index contributed by atoms with van der Waals surface area (Å²) < 4.78 is 0.271. The van der Waals surface area contributed by atoms with E-state index in [4.69, 9.17) is 0 Å². The first-order valence-electron chi connectivity index (χ1n) is 5.09. The number of aromatic nitrogens is 2. The fraction of sp³-hybridized carbons (Fsp3) is 0.636. The summed E-state index contributed by atoms with van der Waals surface area (Å²) in [4.78, 5) is 8.66. The van der Waals surface area contributed by atoms with Crippen molar-refractivity contribution >= 4 is 11.8 Å². The molecule has 1 heterocycles. The topological polar surface area (TPSA) is 37.8 Å². The smallest absolute Gasteiger partial charge is 0.138 e. The molecule has 0 saturated heterocycles. The van der Waals surface area contributed by atoms with E-state index >= 15 is 0 Å². The van der Waals surface area contributed by atoms with Crippen LogP contribution in [0.5, 0.6) is 0 Å². The lowest BCUT2D eigenvalue weighted by atomic mass is 10.3. The van der Waals surface area contributed by atoms with E-state index in [1.54, 1.807) is 0 Å². The molecular formula is C11H19N3S. The molecule has 3 nitrogen and oxygen atoms in total. The third kappa shape index (κ3) is 5.14. The van der Waals surface area contributed by atoms with Crippen molar-refractivity contribution in [3.8, 4) is 0 Å². The van der Waals surface area contributed by atoms with Crippen LogP contribution in [-0.4, -0.2) is 21.8 Å². The van der Waals surface area contributed by atoms with Crippen LogP contribution in [0, 0.1) is 0 Å². The minimum Gasteiger partial charge on any atom is -0.316 e. The summed E-state index contributed by atoms with van der Waals surface area (Å²) in [5.74, 6) is 1.79. The third-order valence-corrected chi connectivity index (χ3v) is 3.04. The number of nitrogens with zero attached hydrogens (tertiary/aromatic N) is 2. The van der Waals surface area contributed by atoms with Crippen molar-refractivity contribution < 1.29 is 0 Å². The van der Waals surface area contributed by atoms with E-state index in [0.29, 0.717) is 0 Å². The fourth-order valence-electron chi connectivity index (χ4n) is 1.03. The van der Waals surface area contributed by atoms with Gasteiger partial charge in [-0.3, -0.25) is 0 Å². The number of hydrogen-bond donors (Lipinski definition) is 1. The first-order chi connectivity index (χ1) is 7.01. The molecule has 0 saturated carbocycles. The van der Waals surface area contributed by atoms with Crippen molar-refractivity contribution in [3.63, 3.8) is 0 Å². The van der Waals surface area contributed by atoms with Gasteiger partial charge in [0, 0.05) is 29.2 Å². The van der Waals surface area contributed by atoms with E-state index in [1.807, 2.05) is 31.2 Å². The van der Waals surface area contributed by atoms with Crippen molar-refractivity contribution in [2.45, 2.75) is 37.8 Å². The van der Waals surface area contributed by atoms with E-state index in [0.717, 1.165) is 23.7 Å². The van der Waals surface area contributed by atoms with Crippen molar-refractivity contribution in [2.75, 3.05) is 7.05 Å². The zero-order valence-corrected chi connectivity index (χ0v) is 10.7. The highest BCUT2D eigenvalue weighted by molar-refractivity contribution is 7.99. The molecule has 0 fully saturated rings. The first kappa shape index (κ1) is 12.5. The Kier molecular flexibility index (Phi) is 4.54. The molecule has 0 aromatic carbocycles. The van der Waals surface area contributed by atoms with E-state index in [1.165, 1.54) is 0 Å². The zero-order chi connectivity index (χ0) is 11.3. The Balaban J connectivity index is 2.50. The van der Waals surface area contributed by atoms with Crippen LogP contribution in [0.2, 0.25) is 0 Å². The standard InChI is InChI=1S/C11H19N3S/c1-11(2,3)15-8-10-13-6-9(5-12-4)7-14-10/h6-7,12H,5,8H2,1-4H3. The highest BCUT2D eigenvalue weighted by atomic mass is 32.2. The van der Waals surface area contributed by atoms with Gasteiger partial charge in [0.05, 0.1) is 5.75 Å². The molecule has 1 N–H and O–H groups in total. The van der Waals surface area contributed by atoms with Gasteiger partial charge in [0.2, 0.25) is 0 Å². The van der Waals surface area contributed by atoms with Gasteiger partial charge in [-0.25, -0.2) is 9.97 Å². The second-order valence-electron chi connectivity index (χ2n) is 4.44. The summed E-state index contributed by atoms with van der Waals surface area (Å²) in [6.45, 7) is 7.43. The van der Waals surface area contributed by atoms with Gasteiger partial charge in [-0.05, 0) is 7.05 Å². The number of nitrogens with one attached hydrogen (secondary N) is 1. The lowest BCUT2D eigenvalue weighted by Crippen LogP contribution is -2.09. The molecular weight excluding hydrogens is 206 g/mol. The van der Waals surface area contributed by atoms with Crippen LogP contribution < -0.4 is 5.32 Å². The minimum absolute atomic E-state index is 0.271. The molecule has 1 aromatic heterocycles. The van der Waals surface area contributed by atoms with Crippen LogP contribution in [-0.2, 0) is 12.3 Å². The van der Waals surface area contributed by atoms with Crippen LogP contribution >= 0.6 is 11.8 Å². The highest BCUT2D eigenvalue weighted by Crippen LogP contribution is 2.25. The monoisotopic (exact) mass is 225 g/mol. The molecule has 0 aliphatic rings. The maximum absolute atomic E-state index is 4.33. The molecule has 0 spiro atoms. The van der Waals surface area contributed by atoms with Gasteiger partial charge in [-0.15, -0.1) is 11.8 Å². The maximum atomic E-state index is 4.33. The molecule has 0 radical (unpaired) electrons. The first-order valence-corrected chi connectivity index (χ1v) is 6.08. The molecule has 0 atom stereocenters. The van der Waals surface area contributed by atoms with Gasteiger partial charge < -0.3 is 5.32 Å². The van der Waals surface area contributed by atoms with Crippen LogP contribution in [0.25, 0.3) is 0 Å². The van der Waals surface area contributed by atoms with Crippen molar-refractivity contribution in [1.29, 1.82) is 0 Å². The van der Waals surface area contributed by atoms with Crippen LogP contribution in [0.3, 0.4) is 0 Å². The highest BCUT2D eigenvalue weighted by Gasteiger charge is 2.11. The van der Waals surface area contributed by atoms with Crippen molar-refractivity contribution in [1.82, 2.24) is 15.3 Å². The summed E-state index contributed by atoms with van der Waals surface area (Å²) in [6.07, 6.45) is 3.78. The Morgan fingerprint density at radius 1 is 1.27 bits per heavy atom. The molecule has 0 aliphatic heterocycles. The van der Waals surface area contributed by atoms with Crippen LogP contribution in [0.4, 0.5) is 0 Å². The summed E-state index contributed by atoms with van der Waals surface area (Å²) >= 11 is 1.87. The van der Waals surface area contributed by atoms with Gasteiger partial charge in [-0.1, -0.05) is 20.8 Å². The summed E-state index contributed by atoms with van der Waals surface area (Å²) in [7, 11) is 1.92. The molecule has 1 aromatic rings. The van der Waals surface area contributed by atoms with Gasteiger partial charge in [0.1, 0.15) is 5.82 Å². The van der Waals surface area contributed by atoms with E-state index in [-0.39, 0.29) is 4.75 Å². The van der Waals surface area contributed by atoms with E-state index < -0.39 is 0 Å². The zero-order valence-electron chi connectivity index (χ0n) is 9.87. The van der Waals surface area contributed by atoms with Gasteiger partial charge >= 0.3 is 0 Å². The molecule has 0 aliphatic carbocycles. The largest absolute Gasteiger partial charge is 0.316 e. The van der Waals surface area contributed by atoms with E-state index in [9.17, 15) is 0 Å². The maximum Gasteiger partial charge on any atom is 0.138 e. The van der Waals surface area contributed by atoms with Crippen LogP contribution in [0.15, 0.2) is 12.4 Å². The quantitative estimate of drug-likeness (QED) is 0.852. The van der Waals surface area contributed by atoms with Crippen molar-refractivity contribution in [2.24, 2.45) is 0 Å². The molecule has 4 heteroatoms. The van der Waals surface area contributed by atoms with E-state index in [2.05, 4.69) is 36.1 Å². The summed E-state index contributed by atoms with van der Waals surface area (Å²) in [6, 6.07) is 0. The Labute approximate surface area is 96.1 Å². The SMILES string of the molecule is CNCc1cnc(CSC(C)(C)C)nc1. The average molecular weight is 225 g/mol. The minimum atomic E-state index is 0.271. The average Bonchev–Trinajstić information content (AvgIpc) is 2.16. The molecule has 0 amide bonds. The van der Waals surface area contributed by atoms with Crippen molar-refractivity contribution in [3.05, 3.63) is 23.8 Å². The normalized spacial score (nSPS) is 11.7. The second-order valence-corrected chi connectivity index (χ2v) is 6.24. The Bertz CT molecular complexity index is 290. The molecule has 84 valence electrons. The molecule has 15 heavy (non-hydrogen) atoms. The Morgan fingerprint density at radius 3 is 2.33 bits per heavy atom. The summed E-state index contributed by atoms with van der Waals surface area (Å²) in [5.41, 5.74) is 1.13. The molecule has 1 rings (SSSR count). The second kappa shape index (κ2) is 5.47. The van der Waals surface area contributed by atoms with Gasteiger partial charge in [0.25, 0.3) is 0 Å². The lowest BCUT2D eigenvalue weighted by Gasteiger charge is -2.16. The lowest BCUT2D eigenvalue weighted by molar-refractivity contribution is 0.793. The fourth-order valence-corrected chi connectivity index (χ4v) is 1.74. The number of thioether (sulfide) groups is 1. The number of hydrogen-bond acceptors (Lipinski definition) is 4. The predicted octanol–water partition coefficient (Wildman–Crippen LogP) is 2.23. The Hall–Kier alpha value is -0.610. The van der Waals surface area contributed by atoms with Crippen LogP contribution in [0.1, 0.15) is 32.2 Å². The molecule has 0 unspecified atom stereocenters. The van der Waals surface area contributed by atoms with Gasteiger partial charge in [-0.2, -0.15) is 0 Å². The summed E-state index contributed by atoms with van der Waals surface area (Å²) in [5, 5.41) is 3.07. The predicted molar refractivity (Wildman–Crippen MR) is 65.8 cm³/mol. The number of rotatable bonds is 4. The van der Waals surface area contributed by atoms with Gasteiger partial charge in [0.15, 0.2) is 0 Å². The molecule has 0 bridgehead atoms.